The summed E-state index contributed by atoms with van der Waals surface area (Å²) in [6, 6.07) is 12.2. The molecule has 1 aromatic carbocycles. The first-order valence-electron chi connectivity index (χ1n) is 12.9. The third-order valence-corrected chi connectivity index (χ3v) is 6.41. The number of nitrogens with zero attached hydrogens (tertiary/aromatic N) is 6. The first-order chi connectivity index (χ1) is 18.3. The fraction of sp³-hybridized carbons (Fsp3) is 0.393. The number of anilines is 1. The van der Waals surface area contributed by atoms with E-state index in [-0.39, 0.29) is 6.09 Å². The van der Waals surface area contributed by atoms with Crippen LogP contribution >= 0.6 is 0 Å². The zero-order chi connectivity index (χ0) is 26.7. The van der Waals surface area contributed by atoms with Crippen molar-refractivity contribution in [3.8, 4) is 11.3 Å². The minimum Gasteiger partial charge on any atom is -0.444 e. The summed E-state index contributed by atoms with van der Waals surface area (Å²) in [5, 5.41) is 3.05. The van der Waals surface area contributed by atoms with Gasteiger partial charge in [-0.1, -0.05) is 6.07 Å². The van der Waals surface area contributed by atoms with Crippen molar-refractivity contribution >= 4 is 22.9 Å². The van der Waals surface area contributed by atoms with Crippen LogP contribution in [-0.4, -0.2) is 79.6 Å². The fourth-order valence-corrected chi connectivity index (χ4v) is 4.53. The van der Waals surface area contributed by atoms with E-state index in [1.807, 2.05) is 52.2 Å². The van der Waals surface area contributed by atoms with E-state index >= 15 is 0 Å². The van der Waals surface area contributed by atoms with Crippen LogP contribution in [0, 0.1) is 0 Å². The monoisotopic (exact) mass is 514 g/mol. The number of aromatic nitrogens is 5. The first kappa shape index (κ1) is 25.6. The summed E-state index contributed by atoms with van der Waals surface area (Å²) in [6.07, 6.45) is 3.79. The second-order valence-electron chi connectivity index (χ2n) is 10.5. The largest absolute Gasteiger partial charge is 0.444 e. The normalized spacial score (nSPS) is 14.6. The number of rotatable bonds is 6. The summed E-state index contributed by atoms with van der Waals surface area (Å²) in [4.78, 5) is 37.9. The molecule has 2 N–H and O–H groups in total. The summed E-state index contributed by atoms with van der Waals surface area (Å²) >= 11 is 0. The Hall–Kier alpha value is -4.05. The van der Waals surface area contributed by atoms with Gasteiger partial charge in [0.05, 0.1) is 16.7 Å². The lowest BCUT2D eigenvalue weighted by Gasteiger charge is -2.35. The van der Waals surface area contributed by atoms with Crippen molar-refractivity contribution in [3.05, 3.63) is 66.0 Å². The highest BCUT2D eigenvalue weighted by molar-refractivity contribution is 5.81. The summed E-state index contributed by atoms with van der Waals surface area (Å²) in [7, 11) is 1.84. The Labute approximate surface area is 222 Å². The summed E-state index contributed by atoms with van der Waals surface area (Å²) < 4.78 is 5.51. The molecule has 198 valence electrons. The lowest BCUT2D eigenvalue weighted by atomic mass is 10.1. The van der Waals surface area contributed by atoms with Crippen molar-refractivity contribution in [3.63, 3.8) is 0 Å². The van der Waals surface area contributed by atoms with Crippen LogP contribution < -0.4 is 5.32 Å². The molecule has 0 atom stereocenters. The number of benzene rings is 1. The van der Waals surface area contributed by atoms with Crippen LogP contribution in [0.25, 0.3) is 22.3 Å². The van der Waals surface area contributed by atoms with Crippen molar-refractivity contribution in [1.82, 2.24) is 34.7 Å². The van der Waals surface area contributed by atoms with E-state index in [2.05, 4.69) is 48.4 Å². The van der Waals surface area contributed by atoms with Gasteiger partial charge in [-0.05, 0) is 50.6 Å². The number of carbonyl (C=O) groups excluding carboxylic acids is 1. The number of hydrogen-bond acceptors (Lipinski definition) is 8. The van der Waals surface area contributed by atoms with Crippen molar-refractivity contribution in [2.24, 2.45) is 0 Å². The maximum atomic E-state index is 12.3. The number of nitrogens with one attached hydrogen (secondary N) is 2. The predicted octanol–water partition coefficient (Wildman–Crippen LogP) is 4.10. The van der Waals surface area contributed by atoms with Crippen molar-refractivity contribution in [2.75, 3.05) is 38.5 Å². The second-order valence-corrected chi connectivity index (χ2v) is 10.5. The molecule has 0 saturated carbocycles. The van der Waals surface area contributed by atoms with E-state index in [1.165, 1.54) is 5.56 Å². The zero-order valence-electron chi connectivity index (χ0n) is 22.4. The smallest absolute Gasteiger partial charge is 0.410 e. The first-order valence-corrected chi connectivity index (χ1v) is 12.9. The van der Waals surface area contributed by atoms with Gasteiger partial charge in [0.1, 0.15) is 23.6 Å². The maximum absolute atomic E-state index is 12.3. The summed E-state index contributed by atoms with van der Waals surface area (Å²) in [5.74, 6) is 1.64. The molecule has 0 spiro atoms. The van der Waals surface area contributed by atoms with E-state index in [0.717, 1.165) is 59.3 Å². The number of aromatic amines is 1. The van der Waals surface area contributed by atoms with Crippen LogP contribution in [0.5, 0.6) is 0 Å². The van der Waals surface area contributed by atoms with Crippen LogP contribution in [0.1, 0.15) is 37.9 Å². The number of piperazine rings is 1. The minimum atomic E-state index is -0.475. The van der Waals surface area contributed by atoms with Gasteiger partial charge in [0.15, 0.2) is 0 Å². The van der Waals surface area contributed by atoms with Gasteiger partial charge in [-0.3, -0.25) is 9.88 Å². The Kier molecular flexibility index (Phi) is 7.24. The van der Waals surface area contributed by atoms with Crippen LogP contribution in [0.15, 0.2) is 48.9 Å². The van der Waals surface area contributed by atoms with E-state index in [1.54, 1.807) is 11.2 Å². The predicted molar refractivity (Wildman–Crippen MR) is 147 cm³/mol. The number of imidazole rings is 1. The van der Waals surface area contributed by atoms with Gasteiger partial charge in [-0.2, -0.15) is 0 Å². The van der Waals surface area contributed by atoms with Crippen LogP contribution in [-0.2, 0) is 17.7 Å². The summed E-state index contributed by atoms with van der Waals surface area (Å²) in [6.45, 7) is 9.45. The topological polar surface area (TPSA) is 112 Å². The highest BCUT2D eigenvalue weighted by atomic mass is 16.6. The number of fused-ring (bicyclic) bond motifs is 1. The highest BCUT2D eigenvalue weighted by Gasteiger charge is 2.25. The maximum Gasteiger partial charge on any atom is 0.410 e. The van der Waals surface area contributed by atoms with Crippen molar-refractivity contribution in [1.29, 1.82) is 0 Å². The van der Waals surface area contributed by atoms with Crippen LogP contribution in [0.4, 0.5) is 10.6 Å². The quantitative estimate of drug-likeness (QED) is 0.396. The Bertz CT molecular complexity index is 1420. The van der Waals surface area contributed by atoms with E-state index in [4.69, 9.17) is 9.72 Å². The molecule has 5 rings (SSSR count). The molecule has 4 heterocycles. The third-order valence-electron chi connectivity index (χ3n) is 6.41. The Balaban J connectivity index is 1.21. The van der Waals surface area contributed by atoms with Crippen molar-refractivity contribution < 1.29 is 9.53 Å². The Morgan fingerprint density at radius 2 is 1.87 bits per heavy atom. The van der Waals surface area contributed by atoms with Crippen molar-refractivity contribution in [2.45, 2.75) is 39.3 Å². The van der Waals surface area contributed by atoms with Gasteiger partial charge in [-0.15, -0.1) is 0 Å². The minimum absolute atomic E-state index is 0.235. The SMILES string of the molecule is CNc1cc(-c2ccc3nc(Cc4cc(CN5CCN(C(=O)OC(C)(C)C)CC5)ccn4)[nH]c3c2)ncn1. The standard InChI is InChI=1S/C28H34N8O2/c1-28(2,3)38-27(37)36-11-9-35(10-12-36)17-19-7-8-30-21(13-19)15-26-33-22-6-5-20(14-24(22)34-26)23-16-25(29-4)32-18-31-23/h5-8,13-14,16,18H,9-12,15,17H2,1-4H3,(H,33,34)(H,29,31,32). The number of amides is 1. The van der Waals surface area contributed by atoms with E-state index in [0.29, 0.717) is 19.5 Å². The molecular weight excluding hydrogens is 480 g/mol. The molecule has 0 bridgehead atoms. The molecule has 1 aliphatic rings. The molecule has 10 heteroatoms. The molecule has 1 aliphatic heterocycles. The van der Waals surface area contributed by atoms with Gasteiger partial charge >= 0.3 is 6.09 Å². The average Bonchev–Trinajstić information content (AvgIpc) is 3.30. The van der Waals surface area contributed by atoms with E-state index < -0.39 is 5.60 Å². The van der Waals surface area contributed by atoms with Crippen LogP contribution in [0.2, 0.25) is 0 Å². The van der Waals surface area contributed by atoms with Gasteiger partial charge in [0.2, 0.25) is 0 Å². The molecule has 1 saturated heterocycles. The zero-order valence-corrected chi connectivity index (χ0v) is 22.4. The van der Waals surface area contributed by atoms with E-state index in [9.17, 15) is 4.79 Å². The molecule has 0 radical (unpaired) electrons. The Morgan fingerprint density at radius 3 is 2.63 bits per heavy atom. The Morgan fingerprint density at radius 1 is 1.05 bits per heavy atom. The van der Waals surface area contributed by atoms with Gasteiger partial charge in [0, 0.05) is 69.7 Å². The molecular formula is C28H34N8O2. The molecule has 4 aromatic rings. The number of pyridine rings is 1. The van der Waals surface area contributed by atoms with Gasteiger partial charge < -0.3 is 19.9 Å². The lowest BCUT2D eigenvalue weighted by Crippen LogP contribution is -2.49. The number of ether oxygens (including phenoxy) is 1. The fourth-order valence-electron chi connectivity index (χ4n) is 4.53. The molecule has 1 fully saturated rings. The lowest BCUT2D eigenvalue weighted by molar-refractivity contribution is 0.0139. The molecule has 10 nitrogen and oxygen atoms in total. The molecule has 1 amide bonds. The number of carbonyl (C=O) groups is 1. The summed E-state index contributed by atoms with van der Waals surface area (Å²) in [5.41, 5.74) is 5.40. The molecule has 0 aliphatic carbocycles. The van der Waals surface area contributed by atoms with Gasteiger partial charge in [0.25, 0.3) is 0 Å². The number of hydrogen-bond donors (Lipinski definition) is 2. The molecule has 3 aromatic heterocycles. The molecule has 0 unspecified atom stereocenters. The van der Waals surface area contributed by atoms with Crippen LogP contribution in [0.3, 0.4) is 0 Å². The highest BCUT2D eigenvalue weighted by Crippen LogP contribution is 2.23. The molecule has 38 heavy (non-hydrogen) atoms. The third kappa shape index (κ3) is 6.25. The van der Waals surface area contributed by atoms with Gasteiger partial charge in [-0.25, -0.2) is 19.7 Å². The average molecular weight is 515 g/mol. The number of H-pyrrole nitrogens is 1. The second kappa shape index (κ2) is 10.7.